The quantitative estimate of drug-likeness (QED) is 0.546. The fourth-order valence-corrected chi connectivity index (χ4v) is 5.06. The first-order chi connectivity index (χ1) is 16.1. The molecule has 0 unspecified atom stereocenters. The maximum atomic E-state index is 12.2. The van der Waals surface area contributed by atoms with E-state index in [1.807, 2.05) is 17.6 Å². The Morgan fingerprint density at radius 3 is 2.68 bits per heavy atom. The van der Waals surface area contributed by atoms with Crippen LogP contribution in [0.3, 0.4) is 0 Å². The second-order valence-electron chi connectivity index (χ2n) is 7.99. The lowest BCUT2D eigenvalue weighted by atomic mass is 9.88. The zero-order valence-corrected chi connectivity index (χ0v) is 20.0. The van der Waals surface area contributed by atoms with E-state index in [4.69, 9.17) is 5.73 Å². The zero-order chi connectivity index (χ0) is 22.8. The van der Waals surface area contributed by atoms with E-state index in [0.29, 0.717) is 17.8 Å². The number of allylic oxidation sites excluding steroid dienone is 1. The molecule has 1 amide bonds. The van der Waals surface area contributed by atoms with Gasteiger partial charge in [-0.15, -0.1) is 12.4 Å². The van der Waals surface area contributed by atoms with Gasteiger partial charge in [0.25, 0.3) is 0 Å². The van der Waals surface area contributed by atoms with Crippen molar-refractivity contribution in [3.8, 4) is 0 Å². The second kappa shape index (κ2) is 10.2. The summed E-state index contributed by atoms with van der Waals surface area (Å²) in [5.41, 5.74) is 8.64. The Labute approximate surface area is 207 Å². The monoisotopic (exact) mass is 486 g/mol. The van der Waals surface area contributed by atoms with Crippen molar-refractivity contribution < 1.29 is 9.59 Å². The number of nitrogens with zero attached hydrogens (tertiary/aromatic N) is 1. The van der Waals surface area contributed by atoms with Crippen molar-refractivity contribution in [2.75, 3.05) is 0 Å². The summed E-state index contributed by atoms with van der Waals surface area (Å²) in [6, 6.07) is 18.0. The highest BCUT2D eigenvalue weighted by atomic mass is 35.5. The van der Waals surface area contributed by atoms with Crippen LogP contribution >= 0.6 is 24.2 Å². The van der Waals surface area contributed by atoms with E-state index in [0.717, 1.165) is 34.2 Å². The number of hydrogen-bond acceptors (Lipinski definition) is 4. The molecule has 0 aromatic heterocycles. The molecule has 34 heavy (non-hydrogen) atoms. The van der Waals surface area contributed by atoms with Crippen molar-refractivity contribution in [1.82, 2.24) is 0 Å². The third-order valence-corrected chi connectivity index (χ3v) is 6.85. The number of carbonyl (C=O) groups is 2. The van der Waals surface area contributed by atoms with Gasteiger partial charge in [0.15, 0.2) is 5.78 Å². The van der Waals surface area contributed by atoms with Gasteiger partial charge in [-0.3, -0.25) is 14.6 Å². The van der Waals surface area contributed by atoms with E-state index in [1.54, 1.807) is 30.1 Å². The standard InChI is InChI=1S/C18H14O.C10H8N2OS.ClH/c19-17-7-3-5-13-9-10-15-14-6-2-1-4-12(14)8-11-16(15)18(13)17;11-10(13)7-2-3-9-8(6-7)12-4-1-5-14-9;/h1-2,4-6,8-10H,3,7,11H2;1-6H,(H2,11,13);1H. The highest BCUT2D eigenvalue weighted by molar-refractivity contribution is 8.02. The first-order valence-corrected chi connectivity index (χ1v) is 11.7. The topological polar surface area (TPSA) is 72.5 Å². The highest BCUT2D eigenvalue weighted by Gasteiger charge is 2.17. The van der Waals surface area contributed by atoms with Crippen LogP contribution in [0.2, 0.25) is 0 Å². The van der Waals surface area contributed by atoms with Crippen molar-refractivity contribution in [2.45, 2.75) is 24.2 Å². The molecule has 0 saturated carbocycles. The predicted octanol–water partition coefficient (Wildman–Crippen LogP) is 4.60. The maximum absolute atomic E-state index is 12.2. The third-order valence-electron chi connectivity index (χ3n) is 5.95. The van der Waals surface area contributed by atoms with Gasteiger partial charge in [-0.25, -0.2) is 0 Å². The fraction of sp³-hybridized carbons (Fsp3) is 0.107. The Kier molecular flexibility index (Phi) is 7.15. The highest BCUT2D eigenvalue weighted by Crippen LogP contribution is 2.32. The Morgan fingerprint density at radius 2 is 1.82 bits per heavy atom. The minimum absolute atomic E-state index is 0. The number of benzene rings is 3. The van der Waals surface area contributed by atoms with Crippen LogP contribution in [0.1, 0.15) is 39.1 Å². The molecule has 0 saturated heterocycles. The van der Waals surface area contributed by atoms with Gasteiger partial charge in [-0.05, 0) is 69.0 Å². The smallest absolute Gasteiger partial charge is 0.248 e. The van der Waals surface area contributed by atoms with Crippen LogP contribution in [0.4, 0.5) is 5.69 Å². The predicted molar refractivity (Wildman–Crippen MR) is 141 cm³/mol. The first-order valence-electron chi connectivity index (χ1n) is 10.9. The van der Waals surface area contributed by atoms with Crippen LogP contribution in [-0.4, -0.2) is 17.9 Å². The summed E-state index contributed by atoms with van der Waals surface area (Å²) in [7, 11) is 0. The van der Waals surface area contributed by atoms with E-state index in [2.05, 4.69) is 53.5 Å². The van der Waals surface area contributed by atoms with Gasteiger partial charge in [0.2, 0.25) is 5.91 Å². The average molecular weight is 487 g/mol. The van der Waals surface area contributed by atoms with Crippen molar-refractivity contribution in [2.24, 2.45) is 10.7 Å². The summed E-state index contributed by atoms with van der Waals surface area (Å²) in [6.07, 6.45) is 10.4. The molecule has 2 aliphatic carbocycles. The lowest BCUT2D eigenvalue weighted by Crippen LogP contribution is -2.24. The molecule has 2 N–H and O–H groups in total. The largest absolute Gasteiger partial charge is 0.366 e. The molecule has 0 radical (unpaired) electrons. The molecule has 1 aliphatic heterocycles. The van der Waals surface area contributed by atoms with Gasteiger partial charge in [0, 0.05) is 28.7 Å². The molecule has 3 aliphatic rings. The second-order valence-corrected chi connectivity index (χ2v) is 8.94. The van der Waals surface area contributed by atoms with Crippen molar-refractivity contribution >= 4 is 59.9 Å². The van der Waals surface area contributed by atoms with Crippen LogP contribution in [0.5, 0.6) is 0 Å². The van der Waals surface area contributed by atoms with Crippen molar-refractivity contribution in [3.05, 3.63) is 104 Å². The van der Waals surface area contributed by atoms with Crippen molar-refractivity contribution in [1.29, 1.82) is 0 Å². The Morgan fingerprint density at radius 1 is 0.971 bits per heavy atom. The number of ketones is 1. The van der Waals surface area contributed by atoms with E-state index < -0.39 is 5.91 Å². The van der Waals surface area contributed by atoms with E-state index in [1.165, 1.54) is 21.2 Å². The number of Topliss-reactive ketones (excluding diaryl/α,β-unsaturated/α-hetero) is 1. The first kappa shape index (κ1) is 23.7. The summed E-state index contributed by atoms with van der Waals surface area (Å²) >= 11 is 1.57. The number of halogens is 1. The Bertz CT molecular complexity index is 1570. The molecule has 0 spiro atoms. The molecule has 3 aromatic carbocycles. The molecular weight excluding hydrogens is 464 g/mol. The van der Waals surface area contributed by atoms with Crippen molar-refractivity contribution in [3.63, 3.8) is 0 Å². The van der Waals surface area contributed by atoms with E-state index in [9.17, 15) is 9.59 Å². The van der Waals surface area contributed by atoms with E-state index in [-0.39, 0.29) is 12.4 Å². The van der Waals surface area contributed by atoms with Crippen LogP contribution in [0.15, 0.2) is 76.0 Å². The summed E-state index contributed by atoms with van der Waals surface area (Å²) in [6.45, 7) is 0. The molecule has 0 bridgehead atoms. The van der Waals surface area contributed by atoms with Gasteiger partial charge >= 0.3 is 0 Å². The molecule has 4 nitrogen and oxygen atoms in total. The van der Waals surface area contributed by atoms with E-state index >= 15 is 0 Å². The molecule has 0 atom stereocenters. The summed E-state index contributed by atoms with van der Waals surface area (Å²) in [5.74, 6) is -0.118. The van der Waals surface area contributed by atoms with Gasteiger partial charge in [0.05, 0.1) is 5.69 Å². The Hall–Kier alpha value is -3.41. The minimum atomic E-state index is -0.426. The molecule has 6 rings (SSSR count). The SMILES string of the molecule is Cl.NC(=O)c1ccc2c(c1)N=CC=CS2.O=C1CCC=c2ccc3c(c21)CC=c1ccccc1=3. The van der Waals surface area contributed by atoms with Gasteiger partial charge < -0.3 is 5.73 Å². The third kappa shape index (κ3) is 4.63. The molecule has 1 heterocycles. The number of carbonyl (C=O) groups excluding carboxylic acids is 2. The minimum Gasteiger partial charge on any atom is -0.366 e. The molecule has 170 valence electrons. The van der Waals surface area contributed by atoms with Gasteiger partial charge in [-0.1, -0.05) is 60.3 Å². The lowest BCUT2D eigenvalue weighted by molar-refractivity contribution is 0.0977. The molecule has 3 aromatic rings. The number of rotatable bonds is 1. The maximum Gasteiger partial charge on any atom is 0.248 e. The van der Waals surface area contributed by atoms with Crippen LogP contribution < -0.4 is 16.2 Å². The fourth-order valence-electron chi connectivity index (χ4n) is 4.39. The molecule has 0 fully saturated rings. The van der Waals surface area contributed by atoms with Gasteiger partial charge in [-0.2, -0.15) is 0 Å². The number of thioether (sulfide) groups is 1. The number of fused-ring (bicyclic) bond motifs is 5. The number of amides is 1. The zero-order valence-electron chi connectivity index (χ0n) is 18.4. The van der Waals surface area contributed by atoms with Crippen LogP contribution in [0, 0.1) is 10.4 Å². The van der Waals surface area contributed by atoms with Crippen LogP contribution in [-0.2, 0) is 6.42 Å². The summed E-state index contributed by atoms with van der Waals surface area (Å²) < 4.78 is 0. The number of nitrogens with two attached hydrogens (primary N) is 1. The lowest BCUT2D eigenvalue weighted by Gasteiger charge is -2.15. The summed E-state index contributed by atoms with van der Waals surface area (Å²) in [5, 5.41) is 6.84. The Balaban J connectivity index is 0.000000164. The van der Waals surface area contributed by atoms with Gasteiger partial charge in [0.1, 0.15) is 0 Å². The molecule has 6 heteroatoms. The number of primary amides is 1. The number of aliphatic imine (C=N–C) groups is 1. The summed E-state index contributed by atoms with van der Waals surface area (Å²) in [4.78, 5) is 28.4. The normalized spacial score (nSPS) is 14.3. The van der Waals surface area contributed by atoms with Crippen LogP contribution in [0.25, 0.3) is 12.2 Å². The number of hydrogen-bond donors (Lipinski definition) is 1. The molecular formula is C28H23ClN2O2S. The average Bonchev–Trinajstić information content (AvgIpc) is 3.09.